The fraction of sp³-hybridized carbons (Fsp3) is 0.167. The lowest BCUT2D eigenvalue weighted by molar-refractivity contribution is -0.116. The van der Waals surface area contributed by atoms with Gasteiger partial charge in [-0.25, -0.2) is 9.97 Å². The lowest BCUT2D eigenvalue weighted by Crippen LogP contribution is -2.27. The van der Waals surface area contributed by atoms with Gasteiger partial charge in [0, 0.05) is 18.0 Å². The van der Waals surface area contributed by atoms with Gasteiger partial charge in [-0.1, -0.05) is 11.6 Å². The van der Waals surface area contributed by atoms with E-state index in [1.54, 1.807) is 26.3 Å². The van der Waals surface area contributed by atoms with Crippen LogP contribution < -0.4 is 15.6 Å². The number of carbonyl (C=O) groups is 1. The number of carbonyl (C=O) groups excluding carboxylic acids is 1. The summed E-state index contributed by atoms with van der Waals surface area (Å²) in [6.45, 7) is -0.181. The highest BCUT2D eigenvalue weighted by Gasteiger charge is 2.13. The zero-order chi connectivity index (χ0) is 20.5. The number of hydrogen-bond donors (Lipinski definition) is 1. The molecule has 0 atom stereocenters. The van der Waals surface area contributed by atoms with Crippen LogP contribution in [0.1, 0.15) is 0 Å². The Morgan fingerprint density at radius 3 is 2.97 bits per heavy atom. The summed E-state index contributed by atoms with van der Waals surface area (Å²) in [6, 6.07) is 5.33. The molecule has 1 aromatic carbocycles. The molecule has 0 radical (unpaired) electrons. The van der Waals surface area contributed by atoms with E-state index in [4.69, 9.17) is 16.3 Å². The lowest BCUT2D eigenvalue weighted by atomic mass is 10.2. The molecule has 0 aliphatic heterocycles. The van der Waals surface area contributed by atoms with Crippen molar-refractivity contribution in [2.45, 2.75) is 6.54 Å². The molecule has 29 heavy (non-hydrogen) atoms. The van der Waals surface area contributed by atoms with E-state index in [2.05, 4.69) is 20.4 Å². The second kappa shape index (κ2) is 7.64. The molecule has 1 N–H and O–H groups in total. The van der Waals surface area contributed by atoms with Gasteiger partial charge in [-0.05, 0) is 18.2 Å². The average Bonchev–Trinajstić information content (AvgIpc) is 3.31. The highest BCUT2D eigenvalue weighted by atomic mass is 35.5. The molecule has 0 saturated carbocycles. The van der Waals surface area contributed by atoms with Crippen molar-refractivity contribution in [2.24, 2.45) is 7.05 Å². The zero-order valence-electron chi connectivity index (χ0n) is 15.4. The van der Waals surface area contributed by atoms with Crippen molar-refractivity contribution in [1.29, 1.82) is 0 Å². The Morgan fingerprint density at radius 1 is 1.38 bits per heavy atom. The minimum absolute atomic E-state index is 0.181. The molecule has 0 bridgehead atoms. The fourth-order valence-electron chi connectivity index (χ4n) is 2.78. The maximum absolute atomic E-state index is 12.5. The standard InChI is InChI=1S/C18H15ClN6O3S/c1-24-16-11(6-21-24)17(27)25(9-20-16)7-15(26)23-18-22-13(8-29-18)10-3-4-14(28-2)12(19)5-10/h3-6,8-9H,7H2,1-2H3,(H,22,23,26). The third-order valence-electron chi connectivity index (χ3n) is 4.23. The van der Waals surface area contributed by atoms with E-state index in [0.717, 1.165) is 5.56 Å². The van der Waals surface area contributed by atoms with Gasteiger partial charge in [0.1, 0.15) is 24.0 Å². The molecule has 0 aliphatic rings. The number of ether oxygens (including phenoxy) is 1. The summed E-state index contributed by atoms with van der Waals surface area (Å²) in [5.74, 6) is 0.189. The molecule has 0 fully saturated rings. The van der Waals surface area contributed by atoms with Crippen LogP contribution in [0.2, 0.25) is 5.02 Å². The quantitative estimate of drug-likeness (QED) is 0.521. The number of amides is 1. The summed E-state index contributed by atoms with van der Waals surface area (Å²) in [7, 11) is 3.24. The molecule has 1 amide bonds. The Bertz CT molecular complexity index is 1280. The molecule has 0 unspecified atom stereocenters. The Morgan fingerprint density at radius 2 is 2.21 bits per heavy atom. The van der Waals surface area contributed by atoms with Crippen LogP contribution in [0.15, 0.2) is 40.9 Å². The first kappa shape index (κ1) is 19.1. The third kappa shape index (κ3) is 3.71. The molecular formula is C18H15ClN6O3S. The molecule has 11 heteroatoms. The van der Waals surface area contributed by atoms with Gasteiger partial charge in [-0.2, -0.15) is 5.10 Å². The van der Waals surface area contributed by atoms with Crippen LogP contribution >= 0.6 is 22.9 Å². The van der Waals surface area contributed by atoms with Crippen molar-refractivity contribution in [3.63, 3.8) is 0 Å². The first-order valence-corrected chi connectivity index (χ1v) is 9.68. The number of rotatable bonds is 5. The van der Waals surface area contributed by atoms with E-state index in [9.17, 15) is 9.59 Å². The van der Waals surface area contributed by atoms with E-state index >= 15 is 0 Å². The number of methoxy groups -OCH3 is 1. The van der Waals surface area contributed by atoms with Crippen LogP contribution in [0.4, 0.5) is 5.13 Å². The molecule has 0 aliphatic carbocycles. The number of nitrogens with zero attached hydrogens (tertiary/aromatic N) is 5. The summed E-state index contributed by atoms with van der Waals surface area (Å²) in [4.78, 5) is 33.4. The maximum atomic E-state index is 12.5. The smallest absolute Gasteiger partial charge is 0.264 e. The Balaban J connectivity index is 1.49. The van der Waals surface area contributed by atoms with Crippen molar-refractivity contribution in [3.8, 4) is 17.0 Å². The van der Waals surface area contributed by atoms with Gasteiger partial charge in [-0.3, -0.25) is 18.8 Å². The molecule has 4 rings (SSSR count). The van der Waals surface area contributed by atoms with Crippen LogP contribution in [-0.2, 0) is 18.4 Å². The molecule has 9 nitrogen and oxygen atoms in total. The number of anilines is 1. The largest absolute Gasteiger partial charge is 0.495 e. The van der Waals surface area contributed by atoms with Crippen LogP contribution in [0.25, 0.3) is 22.3 Å². The Hall–Kier alpha value is -3.24. The molecule has 0 saturated heterocycles. The maximum Gasteiger partial charge on any atom is 0.264 e. The molecule has 4 aromatic rings. The molecule has 0 spiro atoms. The summed E-state index contributed by atoms with van der Waals surface area (Å²) >= 11 is 7.43. The highest BCUT2D eigenvalue weighted by molar-refractivity contribution is 7.14. The van der Waals surface area contributed by atoms with Gasteiger partial charge in [0.05, 0.1) is 24.0 Å². The number of benzene rings is 1. The predicted octanol–water partition coefficient (Wildman–Crippen LogP) is 2.55. The Kier molecular flexibility index (Phi) is 5.03. The van der Waals surface area contributed by atoms with Gasteiger partial charge in [0.15, 0.2) is 10.8 Å². The number of halogens is 1. The molecule has 3 aromatic heterocycles. The van der Waals surface area contributed by atoms with E-state index in [1.165, 1.54) is 33.1 Å². The van der Waals surface area contributed by atoms with Crippen molar-refractivity contribution in [3.05, 3.63) is 51.5 Å². The summed E-state index contributed by atoms with van der Waals surface area (Å²) in [5.41, 5.74) is 1.61. The Labute approximate surface area is 173 Å². The van der Waals surface area contributed by atoms with Crippen LogP contribution in [0.3, 0.4) is 0 Å². The lowest BCUT2D eigenvalue weighted by Gasteiger charge is -2.05. The summed E-state index contributed by atoms with van der Waals surface area (Å²) in [6.07, 6.45) is 2.77. The highest BCUT2D eigenvalue weighted by Crippen LogP contribution is 2.31. The van der Waals surface area contributed by atoms with E-state index in [1.807, 2.05) is 11.4 Å². The zero-order valence-corrected chi connectivity index (χ0v) is 17.0. The number of fused-ring (bicyclic) bond motifs is 1. The first-order chi connectivity index (χ1) is 14.0. The first-order valence-electron chi connectivity index (χ1n) is 8.42. The number of hydrogen-bond acceptors (Lipinski definition) is 7. The van der Waals surface area contributed by atoms with Crippen molar-refractivity contribution in [2.75, 3.05) is 12.4 Å². The molecule has 148 valence electrons. The summed E-state index contributed by atoms with van der Waals surface area (Å²) < 4.78 is 7.88. The van der Waals surface area contributed by atoms with Crippen molar-refractivity contribution < 1.29 is 9.53 Å². The van der Waals surface area contributed by atoms with E-state index in [-0.39, 0.29) is 18.0 Å². The predicted molar refractivity (Wildman–Crippen MR) is 111 cm³/mol. The van der Waals surface area contributed by atoms with Gasteiger partial charge in [0.25, 0.3) is 5.56 Å². The minimum atomic E-state index is -0.384. The van der Waals surface area contributed by atoms with Crippen LogP contribution in [-0.4, -0.2) is 37.3 Å². The second-order valence-electron chi connectivity index (χ2n) is 6.12. The normalized spacial score (nSPS) is 11.0. The topological polar surface area (TPSA) is 104 Å². The molecular weight excluding hydrogens is 416 g/mol. The van der Waals surface area contributed by atoms with E-state index < -0.39 is 0 Å². The van der Waals surface area contributed by atoms with Gasteiger partial charge in [-0.15, -0.1) is 11.3 Å². The van der Waals surface area contributed by atoms with Gasteiger partial charge in [0.2, 0.25) is 5.91 Å². The van der Waals surface area contributed by atoms with Crippen LogP contribution in [0.5, 0.6) is 5.75 Å². The van der Waals surface area contributed by atoms with Crippen LogP contribution in [0, 0.1) is 0 Å². The monoisotopic (exact) mass is 430 g/mol. The number of nitrogens with one attached hydrogen (secondary N) is 1. The number of aromatic nitrogens is 5. The fourth-order valence-corrected chi connectivity index (χ4v) is 3.78. The number of thiazole rings is 1. The van der Waals surface area contributed by atoms with Gasteiger partial charge < -0.3 is 10.1 Å². The third-order valence-corrected chi connectivity index (χ3v) is 5.28. The number of aryl methyl sites for hydroxylation is 1. The van der Waals surface area contributed by atoms with Gasteiger partial charge >= 0.3 is 0 Å². The SMILES string of the molecule is COc1ccc(-c2csc(NC(=O)Cn3cnc4c(cnn4C)c3=O)n2)cc1Cl. The van der Waals surface area contributed by atoms with E-state index in [0.29, 0.717) is 32.6 Å². The van der Waals surface area contributed by atoms with Crippen molar-refractivity contribution >= 4 is 45.0 Å². The van der Waals surface area contributed by atoms with Crippen molar-refractivity contribution in [1.82, 2.24) is 24.3 Å². The second-order valence-corrected chi connectivity index (χ2v) is 7.38. The minimum Gasteiger partial charge on any atom is -0.495 e. The molecule has 3 heterocycles. The summed E-state index contributed by atoms with van der Waals surface area (Å²) in [5, 5.41) is 9.76. The average molecular weight is 431 g/mol.